The number of aliphatic hydroxyl groups is 1. The Labute approximate surface area is 139 Å². The Bertz CT molecular complexity index is 569. The lowest BCUT2D eigenvalue weighted by Crippen LogP contribution is -2.65. The molecule has 0 heterocycles. The van der Waals surface area contributed by atoms with Gasteiger partial charge in [0.25, 0.3) is 0 Å². The topological polar surface area (TPSA) is 57.5 Å². The highest BCUT2D eigenvalue weighted by molar-refractivity contribution is 5.75. The molecular weight excluding hydrogens is 288 g/mol. The number of carboxylic acids is 1. The van der Waals surface area contributed by atoms with E-state index in [9.17, 15) is 15.0 Å². The molecule has 2 N–H and O–H groups in total. The molecular formula is C20H30O3. The second kappa shape index (κ2) is 4.62. The molecule has 0 aromatic heterocycles. The van der Waals surface area contributed by atoms with Crippen LogP contribution in [0.2, 0.25) is 0 Å². The zero-order valence-corrected chi connectivity index (χ0v) is 14.5. The fourth-order valence-electron chi connectivity index (χ4n) is 7.52. The molecule has 0 aromatic carbocycles. The van der Waals surface area contributed by atoms with Gasteiger partial charge >= 0.3 is 5.97 Å². The van der Waals surface area contributed by atoms with Gasteiger partial charge in [0.15, 0.2) is 0 Å². The smallest absolute Gasteiger partial charge is 0.309 e. The van der Waals surface area contributed by atoms with E-state index in [0.29, 0.717) is 11.8 Å². The summed E-state index contributed by atoms with van der Waals surface area (Å²) in [6, 6.07) is 0. The van der Waals surface area contributed by atoms with Crippen LogP contribution < -0.4 is 0 Å². The Hall–Kier alpha value is -0.830. The Balaban J connectivity index is 1.78. The zero-order valence-electron chi connectivity index (χ0n) is 14.5. The van der Waals surface area contributed by atoms with Crippen LogP contribution >= 0.6 is 0 Å². The van der Waals surface area contributed by atoms with Crippen LogP contribution in [0.1, 0.15) is 65.2 Å². The van der Waals surface area contributed by atoms with E-state index in [1.807, 2.05) is 6.92 Å². The van der Waals surface area contributed by atoms with E-state index in [2.05, 4.69) is 13.5 Å². The summed E-state index contributed by atoms with van der Waals surface area (Å²) >= 11 is 0. The van der Waals surface area contributed by atoms with Gasteiger partial charge in [-0.3, -0.25) is 4.79 Å². The van der Waals surface area contributed by atoms with Crippen molar-refractivity contribution >= 4 is 5.97 Å². The van der Waals surface area contributed by atoms with Crippen LogP contribution in [0.25, 0.3) is 0 Å². The summed E-state index contributed by atoms with van der Waals surface area (Å²) in [5.74, 6) is 0.546. The largest absolute Gasteiger partial charge is 0.481 e. The molecule has 128 valence electrons. The molecule has 0 amide bonds. The monoisotopic (exact) mass is 318 g/mol. The van der Waals surface area contributed by atoms with Crippen LogP contribution in [0.15, 0.2) is 12.2 Å². The van der Waals surface area contributed by atoms with Crippen LogP contribution in [0, 0.1) is 34.0 Å². The van der Waals surface area contributed by atoms with E-state index in [1.54, 1.807) is 0 Å². The van der Waals surface area contributed by atoms with Gasteiger partial charge in [0.1, 0.15) is 0 Å². The quantitative estimate of drug-likeness (QED) is 0.718. The minimum atomic E-state index is -0.615. The van der Waals surface area contributed by atoms with Crippen LogP contribution in [0.3, 0.4) is 0 Å². The van der Waals surface area contributed by atoms with E-state index in [4.69, 9.17) is 0 Å². The summed E-state index contributed by atoms with van der Waals surface area (Å²) in [6.45, 7) is 8.53. The Kier molecular flexibility index (Phi) is 3.15. The number of carbonyl (C=O) groups is 1. The molecule has 1 spiro atoms. The van der Waals surface area contributed by atoms with Gasteiger partial charge in [-0.05, 0) is 80.6 Å². The fourth-order valence-corrected chi connectivity index (χ4v) is 7.52. The third-order valence-corrected chi connectivity index (χ3v) is 8.75. The number of carboxylic acid groups (broad SMARTS) is 1. The summed E-state index contributed by atoms with van der Waals surface area (Å²) in [6.07, 6.45) is 7.90. The molecule has 5 saturated carbocycles. The fraction of sp³-hybridized carbons (Fsp3) is 0.850. The van der Waals surface area contributed by atoms with Gasteiger partial charge in [-0.15, -0.1) is 0 Å². The van der Waals surface area contributed by atoms with Crippen molar-refractivity contribution < 1.29 is 15.0 Å². The van der Waals surface area contributed by atoms with Gasteiger partial charge in [-0.1, -0.05) is 19.9 Å². The number of aliphatic carboxylic acids is 1. The first-order chi connectivity index (χ1) is 10.8. The second-order valence-electron chi connectivity index (χ2n) is 9.41. The summed E-state index contributed by atoms with van der Waals surface area (Å²) in [4.78, 5) is 12.0. The number of rotatable bonds is 1. The molecule has 2 bridgehead atoms. The van der Waals surface area contributed by atoms with Crippen molar-refractivity contribution in [3.63, 3.8) is 0 Å². The van der Waals surface area contributed by atoms with Gasteiger partial charge in [0.05, 0.1) is 11.5 Å². The van der Waals surface area contributed by atoms with E-state index >= 15 is 0 Å². The third kappa shape index (κ3) is 1.72. The number of fused-ring (bicyclic) bond motifs is 3. The van der Waals surface area contributed by atoms with Crippen LogP contribution in [-0.2, 0) is 4.79 Å². The van der Waals surface area contributed by atoms with E-state index in [1.165, 1.54) is 6.42 Å². The van der Waals surface area contributed by atoms with Crippen LogP contribution in [0.4, 0.5) is 0 Å². The van der Waals surface area contributed by atoms with Crippen LogP contribution in [-0.4, -0.2) is 22.3 Å². The Morgan fingerprint density at radius 1 is 1.13 bits per heavy atom. The maximum atomic E-state index is 12.0. The van der Waals surface area contributed by atoms with E-state index in [0.717, 1.165) is 50.5 Å². The minimum absolute atomic E-state index is 0.0200. The third-order valence-electron chi connectivity index (χ3n) is 8.75. The highest BCUT2D eigenvalue weighted by Gasteiger charge is 2.67. The molecule has 3 nitrogen and oxygen atoms in total. The lowest BCUT2D eigenvalue weighted by molar-refractivity contribution is -0.211. The predicted octanol–water partition coefficient (Wildman–Crippen LogP) is 4.01. The van der Waals surface area contributed by atoms with Crippen molar-refractivity contribution in [2.45, 2.75) is 71.3 Å². The molecule has 5 aliphatic rings. The summed E-state index contributed by atoms with van der Waals surface area (Å²) in [7, 11) is 0. The number of hydrogen-bond donors (Lipinski definition) is 2. The average molecular weight is 318 g/mol. The average Bonchev–Trinajstić information content (AvgIpc) is 2.51. The number of aliphatic hydroxyl groups excluding tert-OH is 1. The molecule has 0 saturated heterocycles. The van der Waals surface area contributed by atoms with Gasteiger partial charge in [-0.25, -0.2) is 0 Å². The van der Waals surface area contributed by atoms with Crippen molar-refractivity contribution in [1.82, 2.24) is 0 Å². The second-order valence-corrected chi connectivity index (χ2v) is 9.41. The van der Waals surface area contributed by atoms with Gasteiger partial charge in [0, 0.05) is 5.41 Å². The van der Waals surface area contributed by atoms with Crippen molar-refractivity contribution in [3.8, 4) is 0 Å². The summed E-state index contributed by atoms with van der Waals surface area (Å²) < 4.78 is 0. The number of hydrogen-bond acceptors (Lipinski definition) is 2. The molecule has 5 aliphatic carbocycles. The summed E-state index contributed by atoms with van der Waals surface area (Å²) in [5, 5.41) is 20.9. The molecule has 23 heavy (non-hydrogen) atoms. The molecule has 5 fully saturated rings. The molecule has 0 aliphatic heterocycles. The molecule has 0 radical (unpaired) electrons. The normalized spacial score (nSPS) is 55.2. The first-order valence-corrected chi connectivity index (χ1v) is 9.36. The van der Waals surface area contributed by atoms with Gasteiger partial charge in [0.2, 0.25) is 0 Å². The molecule has 0 aromatic rings. The Morgan fingerprint density at radius 3 is 2.52 bits per heavy atom. The van der Waals surface area contributed by atoms with Crippen molar-refractivity contribution in [1.29, 1.82) is 0 Å². The van der Waals surface area contributed by atoms with Crippen molar-refractivity contribution in [2.24, 2.45) is 34.0 Å². The van der Waals surface area contributed by atoms with Crippen molar-refractivity contribution in [3.05, 3.63) is 12.2 Å². The highest BCUT2D eigenvalue weighted by Crippen LogP contribution is 2.72. The van der Waals surface area contributed by atoms with E-state index in [-0.39, 0.29) is 22.9 Å². The maximum Gasteiger partial charge on any atom is 0.309 e. The molecule has 5 rings (SSSR count). The highest BCUT2D eigenvalue weighted by atomic mass is 16.4. The SMILES string of the molecule is C=C1[C@@H]2CC[C@@]3(CC[C@H]4[C@@](C)(CCC[C@@]4(C)C(=O)O)[C@@H]3C2)[C@@H]1O. The first kappa shape index (κ1) is 15.7. The zero-order chi connectivity index (χ0) is 16.6. The van der Waals surface area contributed by atoms with E-state index < -0.39 is 11.4 Å². The molecule has 3 heteroatoms. The lowest BCUT2D eigenvalue weighted by atomic mass is 9.36. The summed E-state index contributed by atoms with van der Waals surface area (Å²) in [5.41, 5.74) is 0.511. The van der Waals surface area contributed by atoms with Crippen LogP contribution in [0.5, 0.6) is 0 Å². The lowest BCUT2D eigenvalue weighted by Gasteiger charge is -2.68. The van der Waals surface area contributed by atoms with Crippen molar-refractivity contribution in [2.75, 3.05) is 0 Å². The molecule has 0 unspecified atom stereocenters. The minimum Gasteiger partial charge on any atom is -0.481 e. The predicted molar refractivity (Wildman–Crippen MR) is 88.8 cm³/mol. The first-order valence-electron chi connectivity index (χ1n) is 9.36. The van der Waals surface area contributed by atoms with Gasteiger partial charge < -0.3 is 10.2 Å². The standard InChI is InChI=1S/C20H30O3/c1-12-13-5-9-20(16(12)21)10-6-14-18(2,15(20)11-13)7-4-8-19(14,3)17(22)23/h13-16,21H,1,4-11H2,2-3H3,(H,22,23)/t13-,14+,15+,16-,18-,19-,20+/m1/s1. The maximum absolute atomic E-state index is 12.0. The van der Waals surface area contributed by atoms with Gasteiger partial charge in [-0.2, -0.15) is 0 Å². The molecule has 7 atom stereocenters. The Morgan fingerprint density at radius 2 is 1.83 bits per heavy atom.